The maximum absolute atomic E-state index is 12.6. The Bertz CT molecular complexity index is 744. The van der Waals surface area contributed by atoms with E-state index in [9.17, 15) is 14.7 Å². The number of methoxy groups -OCH3 is 1. The van der Waals surface area contributed by atoms with E-state index in [1.165, 1.54) is 0 Å². The molecule has 2 aromatic rings. The van der Waals surface area contributed by atoms with Crippen LogP contribution in [0.3, 0.4) is 0 Å². The second-order valence-electron chi connectivity index (χ2n) is 5.78. The van der Waals surface area contributed by atoms with E-state index in [1.807, 2.05) is 35.9 Å². The van der Waals surface area contributed by atoms with Gasteiger partial charge < -0.3 is 19.7 Å². The predicted octanol–water partition coefficient (Wildman–Crippen LogP) is 1.54. The number of ether oxygens (including phenoxy) is 1. The van der Waals surface area contributed by atoms with Crippen LogP contribution in [0.15, 0.2) is 30.5 Å². The van der Waals surface area contributed by atoms with Gasteiger partial charge in [0.2, 0.25) is 0 Å². The second-order valence-corrected chi connectivity index (χ2v) is 5.78. The first kappa shape index (κ1) is 14.6. The van der Waals surface area contributed by atoms with Crippen molar-refractivity contribution in [3.63, 3.8) is 0 Å². The molecule has 6 heteroatoms. The molecule has 0 atom stereocenters. The molecular formula is C16H18N2O4. The third-order valence-corrected chi connectivity index (χ3v) is 4.39. The maximum atomic E-state index is 12.6. The lowest BCUT2D eigenvalue weighted by atomic mass is 9.74. The number of carboxylic acids is 1. The first-order chi connectivity index (χ1) is 10.5. The summed E-state index contributed by atoms with van der Waals surface area (Å²) in [6.07, 6.45) is 2.18. The molecule has 1 saturated carbocycles. The van der Waals surface area contributed by atoms with Crippen LogP contribution >= 0.6 is 0 Å². The molecule has 0 unspecified atom stereocenters. The largest absolute Gasteiger partial charge is 0.480 e. The molecule has 0 bridgehead atoms. The number of aliphatic carboxylic acids is 1. The minimum Gasteiger partial charge on any atom is -0.480 e. The lowest BCUT2D eigenvalue weighted by Gasteiger charge is -2.43. The Morgan fingerprint density at radius 3 is 2.68 bits per heavy atom. The molecule has 3 rings (SSSR count). The number of aromatic nitrogens is 1. The highest BCUT2D eigenvalue weighted by Crippen LogP contribution is 2.35. The Labute approximate surface area is 127 Å². The zero-order chi connectivity index (χ0) is 15.9. The Balaban J connectivity index is 1.89. The summed E-state index contributed by atoms with van der Waals surface area (Å²) in [4.78, 5) is 24.1. The van der Waals surface area contributed by atoms with E-state index in [4.69, 9.17) is 4.74 Å². The Morgan fingerprint density at radius 1 is 1.36 bits per heavy atom. The van der Waals surface area contributed by atoms with Crippen LogP contribution in [-0.4, -0.2) is 40.3 Å². The summed E-state index contributed by atoms with van der Waals surface area (Å²) in [6.45, 7) is 0. The molecule has 0 saturated heterocycles. The number of carbonyl (C=O) groups is 2. The lowest BCUT2D eigenvalue weighted by molar-refractivity contribution is -0.155. The standard InChI is InChI=1S/C16H18N2O4/c1-18-9-12(11-5-3-4-6-13(11)18)14(19)17-16(15(20)21)7-10(8-16)22-2/h3-6,9-10H,7-8H2,1-2H3,(H,17,19)(H,20,21). The van der Waals surface area contributed by atoms with Gasteiger partial charge in [-0.25, -0.2) is 4.79 Å². The fraction of sp³-hybridized carbons (Fsp3) is 0.375. The monoisotopic (exact) mass is 302 g/mol. The second kappa shape index (κ2) is 5.14. The Morgan fingerprint density at radius 2 is 2.05 bits per heavy atom. The molecule has 2 N–H and O–H groups in total. The Hall–Kier alpha value is -2.34. The average molecular weight is 302 g/mol. The summed E-state index contributed by atoms with van der Waals surface area (Å²) in [7, 11) is 3.40. The van der Waals surface area contributed by atoms with Crippen LogP contribution in [0.25, 0.3) is 10.9 Å². The number of para-hydroxylation sites is 1. The summed E-state index contributed by atoms with van der Waals surface area (Å²) in [5.41, 5.74) is 0.189. The van der Waals surface area contributed by atoms with Gasteiger partial charge in [-0.05, 0) is 6.07 Å². The zero-order valence-corrected chi connectivity index (χ0v) is 12.5. The molecule has 22 heavy (non-hydrogen) atoms. The number of hydrogen-bond acceptors (Lipinski definition) is 3. The molecule has 0 spiro atoms. The number of carbonyl (C=O) groups excluding carboxylic acids is 1. The first-order valence-electron chi connectivity index (χ1n) is 7.09. The fourth-order valence-corrected chi connectivity index (χ4v) is 3.02. The van der Waals surface area contributed by atoms with Crippen LogP contribution in [0.5, 0.6) is 0 Å². The number of rotatable bonds is 4. The number of nitrogens with one attached hydrogen (secondary N) is 1. The lowest BCUT2D eigenvalue weighted by Crippen LogP contribution is -2.64. The van der Waals surface area contributed by atoms with E-state index < -0.39 is 11.5 Å². The van der Waals surface area contributed by atoms with Crippen molar-refractivity contribution >= 4 is 22.8 Å². The molecule has 6 nitrogen and oxygen atoms in total. The number of nitrogens with zero attached hydrogens (tertiary/aromatic N) is 1. The van der Waals surface area contributed by atoms with Gasteiger partial charge in [0.05, 0.1) is 11.7 Å². The van der Waals surface area contributed by atoms with Crippen molar-refractivity contribution in [3.8, 4) is 0 Å². The molecule has 1 fully saturated rings. The van der Waals surface area contributed by atoms with Gasteiger partial charge >= 0.3 is 5.97 Å². The van der Waals surface area contributed by atoms with Crippen molar-refractivity contribution in [3.05, 3.63) is 36.0 Å². The minimum absolute atomic E-state index is 0.121. The summed E-state index contributed by atoms with van der Waals surface area (Å²) in [5.74, 6) is -1.39. The van der Waals surface area contributed by atoms with Gasteiger partial charge in [0.25, 0.3) is 5.91 Å². The molecule has 1 aliphatic rings. The van der Waals surface area contributed by atoms with E-state index in [2.05, 4.69) is 5.32 Å². The third kappa shape index (κ3) is 2.16. The smallest absolute Gasteiger partial charge is 0.329 e. The van der Waals surface area contributed by atoms with Crippen LogP contribution in [0.2, 0.25) is 0 Å². The SMILES string of the molecule is COC1CC(NC(=O)c2cn(C)c3ccccc23)(C(=O)O)C1. The Kier molecular flexibility index (Phi) is 3.41. The van der Waals surface area contributed by atoms with Crippen LogP contribution in [-0.2, 0) is 16.6 Å². The number of aryl methyl sites for hydroxylation is 1. The van der Waals surface area contributed by atoms with E-state index in [-0.39, 0.29) is 24.9 Å². The van der Waals surface area contributed by atoms with Crippen molar-refractivity contribution in [2.75, 3.05) is 7.11 Å². The molecule has 0 aliphatic heterocycles. The maximum Gasteiger partial charge on any atom is 0.329 e. The molecule has 1 aromatic heterocycles. The van der Waals surface area contributed by atoms with Crippen LogP contribution in [0, 0.1) is 0 Å². The topological polar surface area (TPSA) is 80.6 Å². The molecule has 1 aromatic carbocycles. The summed E-state index contributed by atoms with van der Waals surface area (Å²) in [6, 6.07) is 7.54. The van der Waals surface area contributed by atoms with Crippen LogP contribution < -0.4 is 5.32 Å². The number of hydrogen-bond donors (Lipinski definition) is 2. The highest BCUT2D eigenvalue weighted by Gasteiger charge is 2.52. The molecule has 0 radical (unpaired) electrons. The minimum atomic E-state index is -1.23. The first-order valence-corrected chi connectivity index (χ1v) is 7.09. The van der Waals surface area contributed by atoms with Gasteiger partial charge in [-0.3, -0.25) is 4.79 Å². The van der Waals surface area contributed by atoms with E-state index in [0.717, 1.165) is 10.9 Å². The molecular weight excluding hydrogens is 284 g/mol. The number of carboxylic acid groups (broad SMARTS) is 1. The van der Waals surface area contributed by atoms with Crippen molar-refractivity contribution in [1.29, 1.82) is 0 Å². The summed E-state index contributed by atoms with van der Waals surface area (Å²) in [5, 5.41) is 12.9. The number of fused-ring (bicyclic) bond motifs is 1. The van der Waals surface area contributed by atoms with Gasteiger partial charge in [0.1, 0.15) is 5.54 Å². The molecule has 116 valence electrons. The quantitative estimate of drug-likeness (QED) is 0.897. The van der Waals surface area contributed by atoms with E-state index in [1.54, 1.807) is 13.3 Å². The molecule has 1 aliphatic carbocycles. The van der Waals surface area contributed by atoms with E-state index >= 15 is 0 Å². The predicted molar refractivity (Wildman–Crippen MR) is 80.8 cm³/mol. The van der Waals surface area contributed by atoms with Crippen LogP contribution in [0.4, 0.5) is 0 Å². The van der Waals surface area contributed by atoms with Gasteiger partial charge in [-0.15, -0.1) is 0 Å². The zero-order valence-electron chi connectivity index (χ0n) is 12.5. The molecule has 1 amide bonds. The fourth-order valence-electron chi connectivity index (χ4n) is 3.02. The molecule has 1 heterocycles. The third-order valence-electron chi connectivity index (χ3n) is 4.39. The van der Waals surface area contributed by atoms with Crippen LogP contribution in [0.1, 0.15) is 23.2 Å². The average Bonchev–Trinajstić information content (AvgIpc) is 2.80. The highest BCUT2D eigenvalue weighted by molar-refractivity contribution is 6.08. The van der Waals surface area contributed by atoms with Crippen molar-refractivity contribution < 1.29 is 19.4 Å². The van der Waals surface area contributed by atoms with Gasteiger partial charge in [-0.1, -0.05) is 18.2 Å². The van der Waals surface area contributed by atoms with Crippen molar-refractivity contribution in [2.24, 2.45) is 7.05 Å². The number of benzene rings is 1. The normalized spacial score (nSPS) is 24.0. The van der Waals surface area contributed by atoms with Gasteiger partial charge in [-0.2, -0.15) is 0 Å². The van der Waals surface area contributed by atoms with Gasteiger partial charge in [0.15, 0.2) is 0 Å². The van der Waals surface area contributed by atoms with E-state index in [0.29, 0.717) is 5.56 Å². The summed E-state index contributed by atoms with van der Waals surface area (Å²) >= 11 is 0. The number of amides is 1. The van der Waals surface area contributed by atoms with Crippen molar-refractivity contribution in [2.45, 2.75) is 24.5 Å². The van der Waals surface area contributed by atoms with Crippen molar-refractivity contribution in [1.82, 2.24) is 9.88 Å². The summed E-state index contributed by atoms with van der Waals surface area (Å²) < 4.78 is 6.99. The van der Waals surface area contributed by atoms with Gasteiger partial charge in [0, 0.05) is 44.1 Å². The highest BCUT2D eigenvalue weighted by atomic mass is 16.5.